The molecule has 0 fully saturated rings. The maximum Gasteiger partial charge on any atom is 0.335 e. The van der Waals surface area contributed by atoms with Gasteiger partial charge in [-0.05, 0) is 43.2 Å². The van der Waals surface area contributed by atoms with Gasteiger partial charge in [0.25, 0.3) is 5.91 Å². The molecule has 0 spiro atoms. The average molecular weight is 327 g/mol. The lowest BCUT2D eigenvalue weighted by Gasteiger charge is -2.12. The van der Waals surface area contributed by atoms with Gasteiger partial charge < -0.3 is 15.2 Å². The molecule has 0 bridgehead atoms. The highest BCUT2D eigenvalue weighted by molar-refractivity contribution is 5.97. The normalized spacial score (nSPS) is 10.2. The first-order valence-corrected chi connectivity index (χ1v) is 7.85. The molecule has 0 saturated heterocycles. The number of carboxylic acids is 1. The molecule has 0 atom stereocenters. The Kier molecular flexibility index (Phi) is 5.95. The Balaban J connectivity index is 2.06. The SMILES string of the molecule is CCCOc1ccc(C)cc1C(=O)NCc1ccc(C(=O)O)cc1. The van der Waals surface area contributed by atoms with E-state index >= 15 is 0 Å². The molecule has 5 heteroatoms. The second kappa shape index (κ2) is 8.15. The van der Waals surface area contributed by atoms with Gasteiger partial charge >= 0.3 is 5.97 Å². The number of carbonyl (C=O) groups is 2. The van der Waals surface area contributed by atoms with Crippen LogP contribution in [0.4, 0.5) is 0 Å². The number of ether oxygens (including phenoxy) is 1. The number of benzene rings is 2. The van der Waals surface area contributed by atoms with Crippen molar-refractivity contribution < 1.29 is 19.4 Å². The Hall–Kier alpha value is -2.82. The highest BCUT2D eigenvalue weighted by Gasteiger charge is 2.13. The fourth-order valence-electron chi connectivity index (χ4n) is 2.20. The second-order valence-electron chi connectivity index (χ2n) is 5.53. The fourth-order valence-corrected chi connectivity index (χ4v) is 2.20. The summed E-state index contributed by atoms with van der Waals surface area (Å²) in [7, 11) is 0. The minimum absolute atomic E-state index is 0.216. The summed E-state index contributed by atoms with van der Waals surface area (Å²) in [6.07, 6.45) is 0.866. The molecule has 0 aromatic heterocycles. The van der Waals surface area contributed by atoms with Crippen LogP contribution in [0.2, 0.25) is 0 Å². The molecule has 2 rings (SSSR count). The summed E-state index contributed by atoms with van der Waals surface area (Å²) >= 11 is 0. The van der Waals surface area contributed by atoms with Gasteiger partial charge in [-0.2, -0.15) is 0 Å². The smallest absolute Gasteiger partial charge is 0.335 e. The van der Waals surface area contributed by atoms with Crippen LogP contribution in [-0.4, -0.2) is 23.6 Å². The highest BCUT2D eigenvalue weighted by atomic mass is 16.5. The van der Waals surface area contributed by atoms with E-state index in [2.05, 4.69) is 5.32 Å². The van der Waals surface area contributed by atoms with E-state index in [1.54, 1.807) is 18.2 Å². The number of carboxylic acid groups (broad SMARTS) is 1. The van der Waals surface area contributed by atoms with Gasteiger partial charge in [0.15, 0.2) is 0 Å². The van der Waals surface area contributed by atoms with Gasteiger partial charge in [0.05, 0.1) is 17.7 Å². The van der Waals surface area contributed by atoms with Crippen molar-refractivity contribution >= 4 is 11.9 Å². The molecule has 24 heavy (non-hydrogen) atoms. The topological polar surface area (TPSA) is 75.6 Å². The molecule has 126 valence electrons. The molecule has 0 aliphatic rings. The van der Waals surface area contributed by atoms with E-state index in [4.69, 9.17) is 9.84 Å². The second-order valence-corrected chi connectivity index (χ2v) is 5.53. The van der Waals surface area contributed by atoms with Crippen molar-refractivity contribution in [3.63, 3.8) is 0 Å². The summed E-state index contributed by atoms with van der Waals surface area (Å²) in [6, 6.07) is 11.9. The summed E-state index contributed by atoms with van der Waals surface area (Å²) in [5.41, 5.74) is 2.54. The Morgan fingerprint density at radius 3 is 2.46 bits per heavy atom. The van der Waals surface area contributed by atoms with Crippen LogP contribution in [0.3, 0.4) is 0 Å². The van der Waals surface area contributed by atoms with Gasteiger partial charge in [0.1, 0.15) is 5.75 Å². The van der Waals surface area contributed by atoms with Crippen LogP contribution in [0.1, 0.15) is 45.2 Å². The van der Waals surface area contributed by atoms with Crippen LogP contribution >= 0.6 is 0 Å². The van der Waals surface area contributed by atoms with Gasteiger partial charge in [-0.25, -0.2) is 4.79 Å². The van der Waals surface area contributed by atoms with Crippen molar-refractivity contribution in [2.45, 2.75) is 26.8 Å². The third kappa shape index (κ3) is 4.59. The standard InChI is InChI=1S/C19H21NO4/c1-3-10-24-17-9-4-13(2)11-16(17)18(21)20-12-14-5-7-15(8-6-14)19(22)23/h4-9,11H,3,10,12H2,1-2H3,(H,20,21)(H,22,23). The maximum atomic E-state index is 12.4. The molecule has 5 nitrogen and oxygen atoms in total. The third-order valence-electron chi connectivity index (χ3n) is 3.50. The molecule has 2 N–H and O–H groups in total. The predicted octanol–water partition coefficient (Wildman–Crippen LogP) is 3.41. The van der Waals surface area contributed by atoms with Crippen molar-refractivity contribution in [2.24, 2.45) is 0 Å². The predicted molar refractivity (Wildman–Crippen MR) is 91.5 cm³/mol. The first-order valence-electron chi connectivity index (χ1n) is 7.85. The lowest BCUT2D eigenvalue weighted by Crippen LogP contribution is -2.23. The average Bonchev–Trinajstić information content (AvgIpc) is 2.58. The maximum absolute atomic E-state index is 12.4. The molecule has 0 heterocycles. The zero-order valence-electron chi connectivity index (χ0n) is 13.8. The lowest BCUT2D eigenvalue weighted by molar-refractivity contribution is 0.0696. The Bertz CT molecular complexity index is 723. The molecule has 0 saturated carbocycles. The van der Waals surface area contributed by atoms with Crippen molar-refractivity contribution in [3.8, 4) is 5.75 Å². The summed E-state index contributed by atoms with van der Waals surface area (Å²) in [4.78, 5) is 23.3. The van der Waals surface area contributed by atoms with Crippen LogP contribution in [-0.2, 0) is 6.54 Å². The van der Waals surface area contributed by atoms with Crippen LogP contribution in [0, 0.1) is 6.92 Å². The monoisotopic (exact) mass is 327 g/mol. The van der Waals surface area contributed by atoms with Gasteiger partial charge in [-0.3, -0.25) is 4.79 Å². The van der Waals surface area contributed by atoms with E-state index < -0.39 is 5.97 Å². The molecule has 0 aliphatic carbocycles. The quantitative estimate of drug-likeness (QED) is 0.817. The van der Waals surface area contributed by atoms with E-state index in [1.807, 2.05) is 26.0 Å². The summed E-state index contributed by atoms with van der Waals surface area (Å²) in [5.74, 6) is -0.614. The zero-order valence-corrected chi connectivity index (χ0v) is 13.8. The van der Waals surface area contributed by atoms with E-state index in [9.17, 15) is 9.59 Å². The molecular formula is C19H21NO4. The van der Waals surface area contributed by atoms with Crippen LogP contribution in [0.15, 0.2) is 42.5 Å². The van der Waals surface area contributed by atoms with Crippen LogP contribution in [0.5, 0.6) is 5.75 Å². The van der Waals surface area contributed by atoms with Gasteiger partial charge in [-0.15, -0.1) is 0 Å². The van der Waals surface area contributed by atoms with Crippen molar-refractivity contribution in [1.82, 2.24) is 5.32 Å². The highest BCUT2D eigenvalue weighted by Crippen LogP contribution is 2.20. The Labute approximate surface area is 141 Å². The van der Waals surface area contributed by atoms with Gasteiger partial charge in [-0.1, -0.05) is 30.7 Å². The van der Waals surface area contributed by atoms with Crippen LogP contribution in [0.25, 0.3) is 0 Å². The first-order chi connectivity index (χ1) is 11.5. The molecule has 0 aliphatic heterocycles. The Morgan fingerprint density at radius 1 is 1.12 bits per heavy atom. The van der Waals surface area contributed by atoms with Gasteiger partial charge in [0, 0.05) is 6.54 Å². The minimum Gasteiger partial charge on any atom is -0.493 e. The molecular weight excluding hydrogens is 306 g/mol. The number of amides is 1. The van der Waals surface area contributed by atoms with Crippen molar-refractivity contribution in [2.75, 3.05) is 6.61 Å². The molecule has 1 amide bonds. The summed E-state index contributed by atoms with van der Waals surface area (Å²) < 4.78 is 5.63. The minimum atomic E-state index is -0.969. The van der Waals surface area contributed by atoms with E-state index in [-0.39, 0.29) is 11.5 Å². The molecule has 0 radical (unpaired) electrons. The number of carbonyl (C=O) groups excluding carboxylic acids is 1. The number of aryl methyl sites for hydroxylation is 1. The van der Waals surface area contributed by atoms with E-state index in [0.29, 0.717) is 24.5 Å². The fraction of sp³-hybridized carbons (Fsp3) is 0.263. The van der Waals surface area contributed by atoms with Crippen molar-refractivity contribution in [1.29, 1.82) is 0 Å². The van der Waals surface area contributed by atoms with Crippen molar-refractivity contribution in [3.05, 3.63) is 64.7 Å². The number of aromatic carboxylic acids is 1. The largest absolute Gasteiger partial charge is 0.493 e. The van der Waals surface area contributed by atoms with E-state index in [0.717, 1.165) is 17.5 Å². The van der Waals surface area contributed by atoms with Gasteiger partial charge in [0.2, 0.25) is 0 Å². The Morgan fingerprint density at radius 2 is 1.83 bits per heavy atom. The van der Waals surface area contributed by atoms with Crippen LogP contribution < -0.4 is 10.1 Å². The third-order valence-corrected chi connectivity index (χ3v) is 3.50. The number of rotatable bonds is 7. The number of nitrogens with one attached hydrogen (secondary N) is 1. The molecule has 2 aromatic carbocycles. The first kappa shape index (κ1) is 17.5. The zero-order chi connectivity index (χ0) is 17.5. The molecule has 0 unspecified atom stereocenters. The summed E-state index contributed by atoms with van der Waals surface area (Å²) in [6.45, 7) is 4.81. The van der Waals surface area contributed by atoms with E-state index in [1.165, 1.54) is 12.1 Å². The number of hydrogen-bond donors (Lipinski definition) is 2. The number of hydrogen-bond acceptors (Lipinski definition) is 3. The lowest BCUT2D eigenvalue weighted by atomic mass is 10.1. The molecule has 2 aromatic rings. The summed E-state index contributed by atoms with van der Waals surface area (Å²) in [5, 5.41) is 11.7.